The Morgan fingerprint density at radius 2 is 2.00 bits per heavy atom. The molecule has 0 bridgehead atoms. The van der Waals surface area contributed by atoms with Crippen LogP contribution in [0.15, 0.2) is 24.3 Å². The lowest BCUT2D eigenvalue weighted by molar-refractivity contribution is 0.0534. The second-order valence-corrected chi connectivity index (χ2v) is 7.34. The van der Waals surface area contributed by atoms with E-state index in [1.54, 1.807) is 0 Å². The third-order valence-corrected chi connectivity index (χ3v) is 4.34. The van der Waals surface area contributed by atoms with Crippen molar-refractivity contribution in [2.75, 3.05) is 13.1 Å². The summed E-state index contributed by atoms with van der Waals surface area (Å²) in [5.41, 5.74) is -0.456. The van der Waals surface area contributed by atoms with Crippen LogP contribution in [0.3, 0.4) is 0 Å². The number of hydrogen-bond acceptors (Lipinski definition) is 4. The smallest absolute Gasteiger partial charge is 0.407 e. The number of amides is 1. The van der Waals surface area contributed by atoms with Crippen molar-refractivity contribution in [1.82, 2.24) is 10.6 Å². The van der Waals surface area contributed by atoms with Gasteiger partial charge in [-0.25, -0.2) is 4.79 Å². The number of carbonyl (C=O) groups is 1. The molecule has 0 fully saturated rings. The van der Waals surface area contributed by atoms with Crippen molar-refractivity contribution in [3.05, 3.63) is 34.0 Å². The van der Waals surface area contributed by atoms with Gasteiger partial charge in [-0.2, -0.15) is 0 Å². The topological polar surface area (TPSA) is 50.4 Å². The second kappa shape index (κ2) is 8.96. The monoisotopic (exact) mass is 324 g/mol. The Morgan fingerprint density at radius 3 is 2.59 bits per heavy atom. The van der Waals surface area contributed by atoms with Crippen molar-refractivity contribution >= 4 is 17.4 Å². The van der Waals surface area contributed by atoms with Gasteiger partial charge in [-0.1, -0.05) is 19.1 Å². The third-order valence-electron chi connectivity index (χ3n) is 2.93. The zero-order valence-corrected chi connectivity index (χ0v) is 15.0. The van der Waals surface area contributed by atoms with Crippen molar-refractivity contribution in [2.24, 2.45) is 0 Å². The summed E-state index contributed by atoms with van der Waals surface area (Å²) in [5.74, 6) is 0. The van der Waals surface area contributed by atoms with E-state index in [0.29, 0.717) is 12.6 Å². The average molecular weight is 324 g/mol. The number of ether oxygens (including phenoxy) is 1. The fourth-order valence-corrected chi connectivity index (χ4v) is 2.77. The lowest BCUT2D eigenvalue weighted by Gasteiger charge is -2.19. The lowest BCUT2D eigenvalue weighted by Crippen LogP contribution is -2.32. The van der Waals surface area contributed by atoms with Crippen LogP contribution in [0.5, 0.6) is 0 Å². The Balaban J connectivity index is 2.19. The maximum absolute atomic E-state index is 11.4. The molecule has 1 unspecified atom stereocenters. The van der Waals surface area contributed by atoms with Gasteiger partial charge < -0.3 is 15.4 Å². The molecule has 22 heavy (non-hydrogen) atoms. The van der Waals surface area contributed by atoms with Crippen LogP contribution >= 0.6 is 11.3 Å². The zero-order valence-electron chi connectivity index (χ0n) is 14.2. The highest BCUT2D eigenvalue weighted by Crippen LogP contribution is 2.23. The van der Waals surface area contributed by atoms with Crippen LogP contribution < -0.4 is 10.6 Å². The van der Waals surface area contributed by atoms with Crippen molar-refractivity contribution in [1.29, 1.82) is 0 Å². The van der Waals surface area contributed by atoms with E-state index < -0.39 is 5.60 Å². The van der Waals surface area contributed by atoms with Crippen LogP contribution in [0.1, 0.15) is 50.4 Å². The molecule has 0 aliphatic carbocycles. The fraction of sp³-hybridized carbons (Fsp3) is 0.588. The van der Waals surface area contributed by atoms with E-state index in [1.807, 2.05) is 44.3 Å². The Morgan fingerprint density at radius 1 is 1.32 bits per heavy atom. The summed E-state index contributed by atoms with van der Waals surface area (Å²) in [6, 6.07) is 4.72. The molecule has 0 aliphatic rings. The second-order valence-electron chi connectivity index (χ2n) is 6.14. The van der Waals surface area contributed by atoms with Gasteiger partial charge in [0.05, 0.1) is 0 Å². The molecule has 0 saturated heterocycles. The van der Waals surface area contributed by atoms with Gasteiger partial charge in [-0.05, 0) is 46.2 Å². The molecule has 1 atom stereocenters. The molecule has 0 spiro atoms. The number of nitrogens with one attached hydrogen (secondary N) is 2. The summed E-state index contributed by atoms with van der Waals surface area (Å²) in [6.07, 6.45) is 4.65. The van der Waals surface area contributed by atoms with Gasteiger partial charge in [0.2, 0.25) is 0 Å². The highest BCUT2D eigenvalue weighted by molar-refractivity contribution is 7.12. The molecule has 0 aliphatic heterocycles. The van der Waals surface area contributed by atoms with E-state index in [2.05, 4.69) is 36.6 Å². The molecule has 1 amide bonds. The molecule has 5 heteroatoms. The minimum absolute atomic E-state index is 0.341. The molecule has 0 aromatic carbocycles. The van der Waals surface area contributed by atoms with Gasteiger partial charge in [-0.15, -0.1) is 11.3 Å². The minimum atomic E-state index is -0.456. The summed E-state index contributed by atoms with van der Waals surface area (Å²) in [4.78, 5) is 14.2. The van der Waals surface area contributed by atoms with E-state index in [-0.39, 0.29) is 6.09 Å². The molecular formula is C17H28N2O2S. The Labute approximate surface area is 138 Å². The van der Waals surface area contributed by atoms with Crippen molar-refractivity contribution in [3.8, 4) is 0 Å². The zero-order chi connectivity index (χ0) is 16.6. The Kier molecular flexibility index (Phi) is 7.62. The molecule has 1 heterocycles. The van der Waals surface area contributed by atoms with E-state index >= 15 is 0 Å². The first-order valence-corrected chi connectivity index (χ1v) is 8.57. The van der Waals surface area contributed by atoms with Gasteiger partial charge in [0.1, 0.15) is 5.60 Å². The van der Waals surface area contributed by atoms with Crippen molar-refractivity contribution < 1.29 is 9.53 Å². The van der Waals surface area contributed by atoms with E-state index in [4.69, 9.17) is 4.74 Å². The van der Waals surface area contributed by atoms with Gasteiger partial charge >= 0.3 is 6.09 Å². The Bertz CT molecular complexity index is 489. The van der Waals surface area contributed by atoms with Crippen LogP contribution in [-0.4, -0.2) is 24.8 Å². The molecular weight excluding hydrogens is 296 g/mol. The van der Waals surface area contributed by atoms with Crippen LogP contribution in [0.2, 0.25) is 0 Å². The van der Waals surface area contributed by atoms with Crippen LogP contribution in [0, 0.1) is 0 Å². The predicted molar refractivity (Wildman–Crippen MR) is 93.5 cm³/mol. The summed E-state index contributed by atoms with van der Waals surface area (Å²) in [5, 5.41) is 6.14. The highest BCUT2D eigenvalue weighted by atomic mass is 32.1. The molecule has 124 valence electrons. The summed E-state index contributed by atoms with van der Waals surface area (Å²) >= 11 is 1.86. The maximum Gasteiger partial charge on any atom is 0.407 e. The number of aryl methyl sites for hydroxylation is 1. The largest absolute Gasteiger partial charge is 0.444 e. The van der Waals surface area contributed by atoms with Gasteiger partial charge in [-0.3, -0.25) is 0 Å². The average Bonchev–Trinajstić information content (AvgIpc) is 2.89. The maximum atomic E-state index is 11.4. The summed E-state index contributed by atoms with van der Waals surface area (Å²) in [7, 11) is 0. The van der Waals surface area contributed by atoms with E-state index in [1.165, 1.54) is 9.75 Å². The van der Waals surface area contributed by atoms with Gasteiger partial charge in [0, 0.05) is 28.9 Å². The van der Waals surface area contributed by atoms with Crippen molar-refractivity contribution in [3.63, 3.8) is 0 Å². The number of carbonyl (C=O) groups excluding carboxylic acids is 1. The normalized spacial score (nSPS) is 13.3. The van der Waals surface area contributed by atoms with Crippen LogP contribution in [-0.2, 0) is 11.2 Å². The fourth-order valence-electron chi connectivity index (χ4n) is 1.79. The third kappa shape index (κ3) is 7.61. The SMILES string of the molecule is CCc1ccc(C(C)NC/C=C/CNC(=O)OC(C)(C)C)s1. The summed E-state index contributed by atoms with van der Waals surface area (Å²) < 4.78 is 5.16. The predicted octanol–water partition coefficient (Wildman–Crippen LogP) is 4.04. The molecule has 0 saturated carbocycles. The highest BCUT2D eigenvalue weighted by Gasteiger charge is 2.14. The standard InChI is InChI=1S/C17H28N2O2S/c1-6-14-9-10-15(22-14)13(2)18-11-7-8-12-19-16(20)21-17(3,4)5/h7-10,13,18H,6,11-12H2,1-5H3,(H,19,20)/b8-7+. The minimum Gasteiger partial charge on any atom is -0.444 e. The first kappa shape index (κ1) is 18.7. The first-order valence-electron chi connectivity index (χ1n) is 7.75. The number of rotatable bonds is 7. The summed E-state index contributed by atoms with van der Waals surface area (Å²) in [6.45, 7) is 11.1. The molecule has 1 rings (SSSR count). The van der Waals surface area contributed by atoms with E-state index in [0.717, 1.165) is 13.0 Å². The number of thiophene rings is 1. The molecule has 4 nitrogen and oxygen atoms in total. The number of alkyl carbamates (subject to hydrolysis) is 1. The quantitative estimate of drug-likeness (QED) is 0.744. The van der Waals surface area contributed by atoms with Gasteiger partial charge in [0.25, 0.3) is 0 Å². The van der Waals surface area contributed by atoms with Crippen LogP contribution in [0.4, 0.5) is 4.79 Å². The van der Waals surface area contributed by atoms with Crippen LogP contribution in [0.25, 0.3) is 0 Å². The van der Waals surface area contributed by atoms with E-state index in [9.17, 15) is 4.79 Å². The molecule has 0 radical (unpaired) electrons. The molecule has 1 aromatic rings. The molecule has 1 aromatic heterocycles. The Hall–Kier alpha value is -1.33. The lowest BCUT2D eigenvalue weighted by atomic mass is 10.2. The van der Waals surface area contributed by atoms with Gasteiger partial charge in [0.15, 0.2) is 0 Å². The molecule has 2 N–H and O–H groups in total. The number of hydrogen-bond donors (Lipinski definition) is 2. The van der Waals surface area contributed by atoms with Crippen molar-refractivity contribution in [2.45, 2.75) is 52.7 Å². The first-order chi connectivity index (χ1) is 10.3.